The first kappa shape index (κ1) is 12.0. The molecule has 2 heterocycles. The van der Waals surface area contributed by atoms with E-state index in [1.165, 1.54) is 0 Å². The highest BCUT2D eigenvalue weighted by Crippen LogP contribution is 2.17. The summed E-state index contributed by atoms with van der Waals surface area (Å²) in [5.74, 6) is 0.982. The van der Waals surface area contributed by atoms with Crippen molar-refractivity contribution in [3.63, 3.8) is 0 Å². The molecule has 7 nitrogen and oxygen atoms in total. The Morgan fingerprint density at radius 1 is 1.65 bits per heavy atom. The minimum atomic E-state index is -0.185. The van der Waals surface area contributed by atoms with Crippen molar-refractivity contribution in [2.24, 2.45) is 0 Å². The first-order valence-corrected chi connectivity index (χ1v) is 5.66. The highest BCUT2D eigenvalue weighted by atomic mass is 16.5. The third kappa shape index (κ3) is 2.80. The summed E-state index contributed by atoms with van der Waals surface area (Å²) in [5, 5.41) is 9.62. The molecule has 2 atom stereocenters. The van der Waals surface area contributed by atoms with Crippen LogP contribution in [-0.2, 0) is 9.53 Å². The summed E-state index contributed by atoms with van der Waals surface area (Å²) in [7, 11) is 0. The third-order valence-corrected chi connectivity index (χ3v) is 2.55. The molecule has 2 unspecified atom stereocenters. The number of piperazine rings is 1. The molecule has 0 bridgehead atoms. The van der Waals surface area contributed by atoms with Gasteiger partial charge in [-0.2, -0.15) is 4.98 Å². The van der Waals surface area contributed by atoms with Gasteiger partial charge in [-0.1, -0.05) is 5.16 Å². The lowest BCUT2D eigenvalue weighted by atomic mass is 10.2. The average molecular weight is 240 g/mol. The van der Waals surface area contributed by atoms with Crippen LogP contribution in [0.2, 0.25) is 0 Å². The Hall–Kier alpha value is -1.47. The van der Waals surface area contributed by atoms with Crippen molar-refractivity contribution in [1.29, 1.82) is 0 Å². The molecule has 2 rings (SSSR count). The molecule has 1 saturated heterocycles. The van der Waals surface area contributed by atoms with E-state index >= 15 is 0 Å². The largest absolute Gasteiger partial charge is 0.371 e. The van der Waals surface area contributed by atoms with Crippen molar-refractivity contribution >= 4 is 5.91 Å². The summed E-state index contributed by atoms with van der Waals surface area (Å²) in [5.41, 5.74) is 0. The van der Waals surface area contributed by atoms with E-state index in [1.807, 2.05) is 13.8 Å². The normalized spacial score (nSPS) is 22.2. The Balaban J connectivity index is 2.00. The van der Waals surface area contributed by atoms with Crippen LogP contribution in [0, 0.1) is 0 Å². The molecule has 1 aromatic heterocycles. The summed E-state index contributed by atoms with van der Waals surface area (Å²) >= 11 is 0. The number of nitrogens with one attached hydrogen (secondary N) is 2. The lowest BCUT2D eigenvalue weighted by Gasteiger charge is -2.20. The summed E-state index contributed by atoms with van der Waals surface area (Å²) < 4.78 is 10.5. The Morgan fingerprint density at radius 2 is 2.47 bits per heavy atom. The van der Waals surface area contributed by atoms with Gasteiger partial charge >= 0.3 is 0 Å². The number of rotatable bonds is 4. The zero-order valence-corrected chi connectivity index (χ0v) is 9.90. The van der Waals surface area contributed by atoms with Crippen molar-refractivity contribution in [2.45, 2.75) is 26.0 Å². The van der Waals surface area contributed by atoms with Crippen LogP contribution in [0.5, 0.6) is 0 Å². The predicted molar refractivity (Wildman–Crippen MR) is 58.1 cm³/mol. The maximum absolute atomic E-state index is 11.0. The van der Waals surface area contributed by atoms with Crippen LogP contribution in [0.15, 0.2) is 4.52 Å². The van der Waals surface area contributed by atoms with E-state index < -0.39 is 0 Å². The number of amides is 1. The Bertz CT molecular complexity index is 383. The molecule has 2 N–H and O–H groups in total. The Morgan fingerprint density at radius 3 is 3.12 bits per heavy atom. The molecular weight excluding hydrogens is 224 g/mol. The fourth-order valence-electron chi connectivity index (χ4n) is 1.62. The number of carbonyl (C=O) groups excluding carboxylic acids is 1. The molecule has 1 aliphatic rings. The van der Waals surface area contributed by atoms with E-state index in [0.717, 1.165) is 0 Å². The molecule has 1 aromatic rings. The van der Waals surface area contributed by atoms with Crippen molar-refractivity contribution < 1.29 is 14.1 Å². The van der Waals surface area contributed by atoms with Crippen LogP contribution in [0.1, 0.15) is 37.7 Å². The summed E-state index contributed by atoms with van der Waals surface area (Å²) in [6.07, 6.45) is -0.185. The highest BCUT2D eigenvalue weighted by molar-refractivity contribution is 5.78. The van der Waals surface area contributed by atoms with Gasteiger partial charge in [-0.15, -0.1) is 0 Å². The fraction of sp³-hybridized carbons (Fsp3) is 0.700. The van der Waals surface area contributed by atoms with Crippen molar-refractivity contribution in [1.82, 2.24) is 20.8 Å². The van der Waals surface area contributed by atoms with Gasteiger partial charge in [0.15, 0.2) is 5.82 Å². The second kappa shape index (κ2) is 5.24. The lowest BCUT2D eigenvalue weighted by molar-refractivity contribution is -0.121. The molecule has 1 amide bonds. The quantitative estimate of drug-likeness (QED) is 0.765. The fourth-order valence-corrected chi connectivity index (χ4v) is 1.62. The van der Waals surface area contributed by atoms with E-state index in [0.29, 0.717) is 24.9 Å². The van der Waals surface area contributed by atoms with Gasteiger partial charge in [0.2, 0.25) is 11.8 Å². The molecule has 0 aliphatic carbocycles. The van der Waals surface area contributed by atoms with E-state index in [9.17, 15) is 4.79 Å². The second-order valence-corrected chi connectivity index (χ2v) is 3.83. The number of aromatic nitrogens is 2. The topological polar surface area (TPSA) is 89.3 Å². The van der Waals surface area contributed by atoms with E-state index in [2.05, 4.69) is 20.8 Å². The molecule has 7 heteroatoms. The van der Waals surface area contributed by atoms with Crippen LogP contribution in [0.4, 0.5) is 0 Å². The first-order chi connectivity index (χ1) is 8.20. The van der Waals surface area contributed by atoms with E-state index in [-0.39, 0.29) is 24.6 Å². The van der Waals surface area contributed by atoms with Gasteiger partial charge in [0, 0.05) is 13.2 Å². The molecule has 0 saturated carbocycles. The number of ether oxygens (including phenoxy) is 1. The first-order valence-electron chi connectivity index (χ1n) is 5.66. The molecule has 17 heavy (non-hydrogen) atoms. The van der Waals surface area contributed by atoms with Crippen molar-refractivity contribution in [3.05, 3.63) is 11.7 Å². The zero-order valence-electron chi connectivity index (χ0n) is 9.90. The smallest absolute Gasteiger partial charge is 0.245 e. The van der Waals surface area contributed by atoms with E-state index in [1.54, 1.807) is 0 Å². The zero-order chi connectivity index (χ0) is 12.3. The maximum atomic E-state index is 11.0. The van der Waals surface area contributed by atoms with Gasteiger partial charge in [0.1, 0.15) is 12.1 Å². The SMILES string of the molecule is CCOC(C)c1noc(C2CNC(=O)CN2)n1. The maximum Gasteiger partial charge on any atom is 0.245 e. The number of hydrogen-bond acceptors (Lipinski definition) is 6. The van der Waals surface area contributed by atoms with Crippen LogP contribution in [0.25, 0.3) is 0 Å². The lowest BCUT2D eigenvalue weighted by Crippen LogP contribution is -2.47. The van der Waals surface area contributed by atoms with Gasteiger partial charge in [0.05, 0.1) is 6.54 Å². The van der Waals surface area contributed by atoms with Gasteiger partial charge in [-0.05, 0) is 13.8 Å². The van der Waals surface area contributed by atoms with Gasteiger partial charge < -0.3 is 14.6 Å². The average Bonchev–Trinajstić information content (AvgIpc) is 2.80. The van der Waals surface area contributed by atoms with Gasteiger partial charge in [0.25, 0.3) is 0 Å². The monoisotopic (exact) mass is 240 g/mol. The van der Waals surface area contributed by atoms with Gasteiger partial charge in [-0.3, -0.25) is 10.1 Å². The second-order valence-electron chi connectivity index (χ2n) is 3.83. The van der Waals surface area contributed by atoms with E-state index in [4.69, 9.17) is 9.26 Å². The predicted octanol–water partition coefficient (Wildman–Crippen LogP) is -0.0724. The molecule has 0 spiro atoms. The molecule has 0 radical (unpaired) electrons. The number of nitrogens with zero attached hydrogens (tertiary/aromatic N) is 2. The molecule has 1 aliphatic heterocycles. The highest BCUT2D eigenvalue weighted by Gasteiger charge is 2.25. The van der Waals surface area contributed by atoms with Crippen molar-refractivity contribution in [2.75, 3.05) is 19.7 Å². The summed E-state index contributed by atoms with van der Waals surface area (Å²) in [6, 6.07) is -0.122. The number of carbonyl (C=O) groups is 1. The molecular formula is C10H16N4O3. The van der Waals surface area contributed by atoms with Crippen LogP contribution >= 0.6 is 0 Å². The summed E-state index contributed by atoms with van der Waals surface area (Å²) in [4.78, 5) is 15.2. The van der Waals surface area contributed by atoms with Crippen LogP contribution in [0.3, 0.4) is 0 Å². The third-order valence-electron chi connectivity index (χ3n) is 2.55. The minimum Gasteiger partial charge on any atom is -0.371 e. The minimum absolute atomic E-state index is 0.0244. The van der Waals surface area contributed by atoms with Crippen LogP contribution in [-0.4, -0.2) is 35.7 Å². The van der Waals surface area contributed by atoms with Crippen LogP contribution < -0.4 is 10.6 Å². The van der Waals surface area contributed by atoms with Crippen molar-refractivity contribution in [3.8, 4) is 0 Å². The molecule has 94 valence electrons. The Labute approximate surface area is 98.9 Å². The molecule has 0 aromatic carbocycles. The Kier molecular flexibility index (Phi) is 3.70. The van der Waals surface area contributed by atoms with Gasteiger partial charge in [-0.25, -0.2) is 0 Å². The number of hydrogen-bond donors (Lipinski definition) is 2. The summed E-state index contributed by atoms with van der Waals surface area (Å²) in [6.45, 7) is 5.11. The standard InChI is InChI=1S/C10H16N4O3/c1-3-16-6(2)9-13-10(17-14-9)7-4-12-8(15)5-11-7/h6-7,11H,3-5H2,1-2H3,(H,12,15). The molecule has 1 fully saturated rings.